The van der Waals surface area contributed by atoms with E-state index in [2.05, 4.69) is 0 Å². The Morgan fingerprint density at radius 2 is 1.87 bits per heavy atom. The van der Waals surface area contributed by atoms with Gasteiger partial charge in [0.1, 0.15) is 0 Å². The number of nitrogens with two attached hydrogens (primary N) is 1. The summed E-state index contributed by atoms with van der Waals surface area (Å²) >= 11 is 1.23. The topological polar surface area (TPSA) is 90.3 Å². The minimum atomic E-state index is -1.43. The standard InChI is InChI=1S/C8H11BN2O2S.BrH/c10-8(11)14-5-6-1-3-7(4-2-6)9(12)13;/h1-4,12-13H,5H2,(H3,10,11);1H. The molecule has 4 nitrogen and oxygen atoms in total. The molecule has 15 heavy (non-hydrogen) atoms. The third-order valence-corrected chi connectivity index (χ3v) is 2.46. The van der Waals surface area contributed by atoms with Crippen molar-refractivity contribution in [3.05, 3.63) is 29.8 Å². The summed E-state index contributed by atoms with van der Waals surface area (Å²) in [6.45, 7) is 0. The van der Waals surface area contributed by atoms with E-state index in [1.165, 1.54) is 11.8 Å². The van der Waals surface area contributed by atoms with Crippen molar-refractivity contribution < 1.29 is 10.0 Å². The fourth-order valence-electron chi connectivity index (χ4n) is 0.947. The first kappa shape index (κ1) is 14.5. The first-order valence-electron chi connectivity index (χ1n) is 4.01. The van der Waals surface area contributed by atoms with Crippen molar-refractivity contribution in [3.63, 3.8) is 0 Å². The van der Waals surface area contributed by atoms with Gasteiger partial charge in [-0.25, -0.2) is 0 Å². The zero-order chi connectivity index (χ0) is 10.6. The van der Waals surface area contributed by atoms with E-state index in [-0.39, 0.29) is 22.1 Å². The number of thioether (sulfide) groups is 1. The fourth-order valence-corrected chi connectivity index (χ4v) is 1.46. The van der Waals surface area contributed by atoms with E-state index < -0.39 is 7.12 Å². The Morgan fingerprint density at radius 1 is 1.33 bits per heavy atom. The summed E-state index contributed by atoms with van der Waals surface area (Å²) in [6, 6.07) is 6.84. The number of rotatable bonds is 3. The van der Waals surface area contributed by atoms with E-state index in [1.807, 2.05) is 0 Å². The molecule has 7 heteroatoms. The molecule has 0 amide bonds. The van der Waals surface area contributed by atoms with E-state index in [0.29, 0.717) is 11.2 Å². The van der Waals surface area contributed by atoms with Crippen LogP contribution in [0, 0.1) is 5.41 Å². The Hall–Kier alpha value is -0.495. The molecule has 0 aromatic heterocycles. The normalized spacial score (nSPS) is 9.20. The number of hydrogen-bond acceptors (Lipinski definition) is 4. The van der Waals surface area contributed by atoms with Gasteiger partial charge in [0.2, 0.25) is 0 Å². The Labute approximate surface area is 103 Å². The summed E-state index contributed by atoms with van der Waals surface area (Å²) in [5, 5.41) is 24.8. The van der Waals surface area contributed by atoms with E-state index in [1.54, 1.807) is 24.3 Å². The molecule has 0 fully saturated rings. The average molecular weight is 291 g/mol. The molecule has 1 aromatic carbocycles. The van der Waals surface area contributed by atoms with Crippen LogP contribution in [0.25, 0.3) is 0 Å². The van der Waals surface area contributed by atoms with Crippen LogP contribution in [0.3, 0.4) is 0 Å². The predicted octanol–water partition coefficient (Wildman–Crippen LogP) is 0.0710. The van der Waals surface area contributed by atoms with Crippen LogP contribution >= 0.6 is 28.7 Å². The summed E-state index contributed by atoms with van der Waals surface area (Å²) in [7, 11) is -1.43. The minimum Gasteiger partial charge on any atom is -0.423 e. The van der Waals surface area contributed by atoms with Gasteiger partial charge in [-0.05, 0) is 11.0 Å². The molecule has 0 saturated heterocycles. The molecule has 0 bridgehead atoms. The zero-order valence-corrected chi connectivity index (χ0v) is 10.4. The third-order valence-electron chi connectivity index (χ3n) is 1.67. The van der Waals surface area contributed by atoms with Crippen LogP contribution in [0.15, 0.2) is 24.3 Å². The second-order valence-electron chi connectivity index (χ2n) is 2.77. The van der Waals surface area contributed by atoms with Gasteiger partial charge in [-0.3, -0.25) is 5.41 Å². The number of nitrogens with one attached hydrogen (secondary N) is 1. The molecule has 0 aliphatic heterocycles. The monoisotopic (exact) mass is 290 g/mol. The Morgan fingerprint density at radius 3 is 2.27 bits per heavy atom. The van der Waals surface area contributed by atoms with Crippen LogP contribution in [0.1, 0.15) is 5.56 Å². The molecule has 0 atom stereocenters. The lowest BCUT2D eigenvalue weighted by molar-refractivity contribution is 0.426. The van der Waals surface area contributed by atoms with Gasteiger partial charge in [-0.1, -0.05) is 36.0 Å². The minimum absolute atomic E-state index is 0. The van der Waals surface area contributed by atoms with E-state index in [9.17, 15) is 0 Å². The molecular formula is C8H12BBrN2O2S. The number of benzene rings is 1. The number of amidine groups is 1. The molecule has 0 heterocycles. The van der Waals surface area contributed by atoms with Crippen LogP contribution in [0.5, 0.6) is 0 Å². The molecule has 0 aliphatic carbocycles. The highest BCUT2D eigenvalue weighted by molar-refractivity contribution is 8.93. The summed E-state index contributed by atoms with van der Waals surface area (Å²) in [5.41, 5.74) is 6.64. The van der Waals surface area contributed by atoms with Crippen molar-refractivity contribution in [2.24, 2.45) is 5.73 Å². The van der Waals surface area contributed by atoms with Gasteiger partial charge in [0.25, 0.3) is 0 Å². The molecule has 0 radical (unpaired) electrons. The Kier molecular flexibility index (Phi) is 6.66. The Balaban J connectivity index is 0.00000196. The highest BCUT2D eigenvalue weighted by Crippen LogP contribution is 2.09. The molecule has 0 aliphatic rings. The Bertz CT molecular complexity index is 321. The van der Waals surface area contributed by atoms with Gasteiger partial charge in [0, 0.05) is 5.75 Å². The summed E-state index contributed by atoms with van der Waals surface area (Å²) in [6.07, 6.45) is 0. The van der Waals surface area contributed by atoms with Gasteiger partial charge in [0.05, 0.1) is 0 Å². The highest BCUT2D eigenvalue weighted by Gasteiger charge is 2.09. The number of halogens is 1. The maximum atomic E-state index is 8.83. The molecule has 1 aromatic rings. The summed E-state index contributed by atoms with van der Waals surface area (Å²) < 4.78 is 0. The lowest BCUT2D eigenvalue weighted by Crippen LogP contribution is -2.29. The van der Waals surface area contributed by atoms with Crippen molar-refractivity contribution in [1.29, 1.82) is 5.41 Å². The van der Waals surface area contributed by atoms with Crippen molar-refractivity contribution in [3.8, 4) is 0 Å². The molecule has 5 N–H and O–H groups in total. The summed E-state index contributed by atoms with van der Waals surface area (Å²) in [5.74, 6) is 0.622. The van der Waals surface area contributed by atoms with Crippen LogP contribution in [0.2, 0.25) is 0 Å². The van der Waals surface area contributed by atoms with E-state index in [4.69, 9.17) is 21.2 Å². The molecule has 0 saturated carbocycles. The predicted molar refractivity (Wildman–Crippen MR) is 69.8 cm³/mol. The van der Waals surface area contributed by atoms with E-state index >= 15 is 0 Å². The first-order chi connectivity index (χ1) is 6.59. The van der Waals surface area contributed by atoms with E-state index in [0.717, 1.165) is 5.56 Å². The first-order valence-corrected chi connectivity index (χ1v) is 5.00. The highest BCUT2D eigenvalue weighted by atomic mass is 79.9. The fraction of sp³-hybridized carbons (Fsp3) is 0.125. The molecule has 0 unspecified atom stereocenters. The quantitative estimate of drug-likeness (QED) is 0.360. The largest absolute Gasteiger partial charge is 0.488 e. The van der Waals surface area contributed by atoms with Gasteiger partial charge in [-0.15, -0.1) is 17.0 Å². The third kappa shape index (κ3) is 5.22. The lowest BCUT2D eigenvalue weighted by atomic mass is 9.80. The van der Waals surface area contributed by atoms with Crippen LogP contribution in [-0.4, -0.2) is 22.3 Å². The van der Waals surface area contributed by atoms with Gasteiger partial charge in [0.15, 0.2) is 5.17 Å². The second-order valence-corrected chi connectivity index (χ2v) is 3.79. The zero-order valence-electron chi connectivity index (χ0n) is 7.88. The van der Waals surface area contributed by atoms with Crippen molar-refractivity contribution in [2.45, 2.75) is 5.75 Å². The van der Waals surface area contributed by atoms with Gasteiger partial charge >= 0.3 is 7.12 Å². The lowest BCUT2D eigenvalue weighted by Gasteiger charge is -2.02. The van der Waals surface area contributed by atoms with Crippen molar-refractivity contribution in [1.82, 2.24) is 0 Å². The molecule has 82 valence electrons. The summed E-state index contributed by atoms with van der Waals surface area (Å²) in [4.78, 5) is 0. The van der Waals surface area contributed by atoms with Crippen LogP contribution in [0.4, 0.5) is 0 Å². The number of hydrogen-bond donors (Lipinski definition) is 4. The maximum absolute atomic E-state index is 8.83. The smallest absolute Gasteiger partial charge is 0.423 e. The SMILES string of the molecule is Br.N=C(N)SCc1ccc(B(O)O)cc1. The molecular weight excluding hydrogens is 279 g/mol. The average Bonchev–Trinajstić information content (AvgIpc) is 2.15. The molecule has 1 rings (SSSR count). The van der Waals surface area contributed by atoms with Crippen molar-refractivity contribution >= 4 is 46.5 Å². The van der Waals surface area contributed by atoms with Crippen LogP contribution in [-0.2, 0) is 5.75 Å². The maximum Gasteiger partial charge on any atom is 0.488 e. The molecule has 0 spiro atoms. The van der Waals surface area contributed by atoms with Gasteiger partial charge in [-0.2, -0.15) is 0 Å². The van der Waals surface area contributed by atoms with Crippen LogP contribution < -0.4 is 11.2 Å². The van der Waals surface area contributed by atoms with Gasteiger partial charge < -0.3 is 15.8 Å². The van der Waals surface area contributed by atoms with Crippen molar-refractivity contribution in [2.75, 3.05) is 0 Å². The second kappa shape index (κ2) is 6.89.